The van der Waals surface area contributed by atoms with Crippen LogP contribution in [0, 0.1) is 11.3 Å². The molecule has 0 amide bonds. The van der Waals surface area contributed by atoms with Gasteiger partial charge in [-0.05, 0) is 38.8 Å². The third-order valence-corrected chi connectivity index (χ3v) is 5.66. The molecule has 1 fully saturated rings. The quantitative estimate of drug-likeness (QED) is 0.728. The number of hydrogen-bond donors (Lipinski definition) is 1. The van der Waals surface area contributed by atoms with Gasteiger partial charge in [-0.15, -0.1) is 0 Å². The molecule has 0 aliphatic carbocycles. The summed E-state index contributed by atoms with van der Waals surface area (Å²) in [7, 11) is -2.80. The smallest absolute Gasteiger partial charge is 0.152 e. The van der Waals surface area contributed by atoms with Crippen LogP contribution in [0.2, 0.25) is 0 Å². The number of nitrogens with one attached hydrogen (secondary N) is 1. The van der Waals surface area contributed by atoms with Gasteiger partial charge in [0, 0.05) is 13.1 Å². The van der Waals surface area contributed by atoms with E-state index >= 15 is 0 Å². The van der Waals surface area contributed by atoms with E-state index in [1.807, 2.05) is 6.92 Å². The molecule has 1 aliphatic rings. The van der Waals surface area contributed by atoms with E-state index in [9.17, 15) is 13.7 Å². The maximum atomic E-state index is 11.4. The van der Waals surface area contributed by atoms with Crippen molar-refractivity contribution in [3.8, 4) is 6.07 Å². The number of nitrogens with zero attached hydrogens (tertiary/aromatic N) is 2. The summed E-state index contributed by atoms with van der Waals surface area (Å²) in [6.07, 6.45) is 3.58. The molecule has 0 aromatic carbocycles. The summed E-state index contributed by atoms with van der Waals surface area (Å²) in [6.45, 7) is 7.15. The molecule has 1 atom stereocenters. The average molecular weight is 301 g/mol. The molecule has 1 saturated heterocycles. The number of rotatable bonds is 8. The van der Waals surface area contributed by atoms with Crippen LogP contribution >= 0.6 is 0 Å². The Morgan fingerprint density at radius 1 is 1.30 bits per heavy atom. The van der Waals surface area contributed by atoms with Gasteiger partial charge in [-0.25, -0.2) is 8.42 Å². The molecule has 0 bridgehead atoms. The molecule has 0 aromatic rings. The molecule has 1 aliphatic heterocycles. The molecule has 116 valence electrons. The molecule has 1 unspecified atom stereocenters. The third-order valence-electron chi connectivity index (χ3n) is 4.05. The number of nitriles is 1. The van der Waals surface area contributed by atoms with E-state index in [0.717, 1.165) is 38.8 Å². The summed E-state index contributed by atoms with van der Waals surface area (Å²) >= 11 is 0. The van der Waals surface area contributed by atoms with Crippen LogP contribution in [0.3, 0.4) is 0 Å². The summed E-state index contributed by atoms with van der Waals surface area (Å²) < 4.78 is 22.7. The Hall–Kier alpha value is -0.640. The maximum Gasteiger partial charge on any atom is 0.152 e. The van der Waals surface area contributed by atoms with Crippen molar-refractivity contribution in [3.63, 3.8) is 0 Å². The SMILES string of the molecule is CCCNC(C#N)(CC)CCCN1CCS(=O)(=O)CC1. The third kappa shape index (κ3) is 5.39. The van der Waals surface area contributed by atoms with E-state index in [0.29, 0.717) is 13.1 Å². The van der Waals surface area contributed by atoms with Gasteiger partial charge in [0.1, 0.15) is 5.54 Å². The Morgan fingerprint density at radius 3 is 2.45 bits per heavy atom. The van der Waals surface area contributed by atoms with E-state index in [1.165, 1.54) is 0 Å². The minimum absolute atomic E-state index is 0.276. The lowest BCUT2D eigenvalue weighted by Crippen LogP contribution is -2.45. The van der Waals surface area contributed by atoms with Crippen LogP contribution in [0.15, 0.2) is 0 Å². The monoisotopic (exact) mass is 301 g/mol. The highest BCUT2D eigenvalue weighted by atomic mass is 32.2. The molecule has 5 nitrogen and oxygen atoms in total. The zero-order valence-electron chi connectivity index (χ0n) is 12.7. The van der Waals surface area contributed by atoms with E-state index in [4.69, 9.17) is 0 Å². The van der Waals surface area contributed by atoms with Crippen molar-refractivity contribution in [3.05, 3.63) is 0 Å². The molecule has 6 heteroatoms. The molecule has 1 N–H and O–H groups in total. The van der Waals surface area contributed by atoms with Crippen molar-refractivity contribution in [1.29, 1.82) is 5.26 Å². The first-order valence-electron chi connectivity index (χ1n) is 7.56. The number of sulfone groups is 1. The fourth-order valence-corrected chi connectivity index (χ4v) is 3.78. The van der Waals surface area contributed by atoms with Gasteiger partial charge in [0.25, 0.3) is 0 Å². The minimum atomic E-state index is -2.80. The second kappa shape index (κ2) is 7.96. The van der Waals surface area contributed by atoms with Crippen molar-refractivity contribution in [2.45, 2.75) is 45.1 Å². The van der Waals surface area contributed by atoms with E-state index in [2.05, 4.69) is 23.2 Å². The lowest BCUT2D eigenvalue weighted by molar-refractivity contribution is 0.268. The molecule has 1 heterocycles. The topological polar surface area (TPSA) is 73.2 Å². The number of hydrogen-bond acceptors (Lipinski definition) is 5. The van der Waals surface area contributed by atoms with Gasteiger partial charge >= 0.3 is 0 Å². The molecule has 0 aromatic heterocycles. The predicted molar refractivity (Wildman–Crippen MR) is 81.3 cm³/mol. The Bertz CT molecular complexity index is 416. The largest absolute Gasteiger partial charge is 0.301 e. The van der Waals surface area contributed by atoms with Gasteiger partial charge in [-0.2, -0.15) is 5.26 Å². The second-order valence-corrected chi connectivity index (χ2v) is 7.87. The van der Waals surface area contributed by atoms with Crippen molar-refractivity contribution >= 4 is 9.84 Å². The normalized spacial score (nSPS) is 22.1. The van der Waals surface area contributed by atoms with Gasteiger partial charge < -0.3 is 4.90 Å². The van der Waals surface area contributed by atoms with Gasteiger partial charge in [-0.3, -0.25) is 5.32 Å². The lowest BCUT2D eigenvalue weighted by atomic mass is 9.91. The van der Waals surface area contributed by atoms with Crippen LogP contribution < -0.4 is 5.32 Å². The molecule has 0 spiro atoms. The van der Waals surface area contributed by atoms with Gasteiger partial charge in [0.15, 0.2) is 9.84 Å². The lowest BCUT2D eigenvalue weighted by Gasteiger charge is -2.30. The average Bonchev–Trinajstić information content (AvgIpc) is 2.45. The molecular weight excluding hydrogens is 274 g/mol. The molecular formula is C14H27N3O2S. The fourth-order valence-electron chi connectivity index (χ4n) is 2.51. The zero-order chi connectivity index (χ0) is 15.1. The Morgan fingerprint density at radius 2 is 1.95 bits per heavy atom. The van der Waals surface area contributed by atoms with E-state index < -0.39 is 15.4 Å². The molecule has 1 rings (SSSR count). The zero-order valence-corrected chi connectivity index (χ0v) is 13.5. The van der Waals surface area contributed by atoms with Crippen molar-refractivity contribution < 1.29 is 8.42 Å². The van der Waals surface area contributed by atoms with Gasteiger partial charge in [-0.1, -0.05) is 13.8 Å². The van der Waals surface area contributed by atoms with Crippen LogP contribution in [0.5, 0.6) is 0 Å². The second-order valence-electron chi connectivity index (χ2n) is 5.57. The summed E-state index contributed by atoms with van der Waals surface area (Å²) in [6, 6.07) is 2.43. The summed E-state index contributed by atoms with van der Waals surface area (Å²) in [5.74, 6) is 0.552. The maximum absolute atomic E-state index is 11.4. The highest BCUT2D eigenvalue weighted by Crippen LogP contribution is 2.17. The molecule has 0 radical (unpaired) electrons. The molecule has 20 heavy (non-hydrogen) atoms. The molecule has 0 saturated carbocycles. The highest BCUT2D eigenvalue weighted by Gasteiger charge is 2.27. The Balaban J connectivity index is 2.36. The van der Waals surface area contributed by atoms with Crippen molar-refractivity contribution in [2.24, 2.45) is 0 Å². The van der Waals surface area contributed by atoms with Crippen LogP contribution in [0.1, 0.15) is 39.5 Å². The first-order valence-corrected chi connectivity index (χ1v) is 9.38. The predicted octanol–water partition coefficient (Wildman–Crippen LogP) is 1.17. The Labute approximate surface area is 123 Å². The van der Waals surface area contributed by atoms with Crippen LogP contribution in [0.4, 0.5) is 0 Å². The van der Waals surface area contributed by atoms with Crippen molar-refractivity contribution in [1.82, 2.24) is 10.2 Å². The highest BCUT2D eigenvalue weighted by molar-refractivity contribution is 7.91. The van der Waals surface area contributed by atoms with Crippen molar-refractivity contribution in [2.75, 3.05) is 37.7 Å². The van der Waals surface area contributed by atoms with Crippen LogP contribution in [-0.2, 0) is 9.84 Å². The summed E-state index contributed by atoms with van der Waals surface area (Å²) in [5.41, 5.74) is -0.419. The van der Waals surface area contributed by atoms with Crippen LogP contribution in [0.25, 0.3) is 0 Å². The Kier molecular flexibility index (Phi) is 6.93. The van der Waals surface area contributed by atoms with Gasteiger partial charge in [0.2, 0.25) is 0 Å². The first-order chi connectivity index (χ1) is 9.47. The standard InChI is InChI=1S/C14H27N3O2S/c1-3-7-16-14(4-2,13-15)6-5-8-17-9-11-20(18,19)12-10-17/h16H,3-12H2,1-2H3. The fraction of sp³-hybridized carbons (Fsp3) is 0.929. The van der Waals surface area contributed by atoms with Crippen LogP contribution in [-0.4, -0.2) is 56.5 Å². The van der Waals surface area contributed by atoms with E-state index in [1.54, 1.807) is 0 Å². The minimum Gasteiger partial charge on any atom is -0.301 e. The summed E-state index contributed by atoms with van der Waals surface area (Å²) in [5, 5.41) is 12.8. The summed E-state index contributed by atoms with van der Waals surface area (Å²) in [4.78, 5) is 2.19. The van der Waals surface area contributed by atoms with Gasteiger partial charge in [0.05, 0.1) is 17.6 Å². The van der Waals surface area contributed by atoms with E-state index in [-0.39, 0.29) is 11.5 Å². The first kappa shape index (κ1) is 17.4.